The molecule has 3 fully saturated rings. The first-order valence-electron chi connectivity index (χ1n) is 10.5. The Hall–Kier alpha value is -1.58. The van der Waals surface area contributed by atoms with Gasteiger partial charge in [-0.2, -0.15) is 0 Å². The van der Waals surface area contributed by atoms with Crippen molar-refractivity contribution in [3.05, 3.63) is 0 Å². The van der Waals surface area contributed by atoms with Crippen molar-refractivity contribution in [3.63, 3.8) is 0 Å². The van der Waals surface area contributed by atoms with Gasteiger partial charge in [0.1, 0.15) is 12.1 Å². The van der Waals surface area contributed by atoms with Crippen molar-refractivity contribution in [1.82, 2.24) is 20.5 Å². The summed E-state index contributed by atoms with van der Waals surface area (Å²) in [5.74, 6) is -2.40. The van der Waals surface area contributed by atoms with E-state index in [2.05, 4.69) is 5.43 Å². The van der Waals surface area contributed by atoms with Crippen LogP contribution >= 0.6 is 0 Å². The standard InChI is InChI=1S/C19H30N4O6.Zn/c24-16-9-7-14(18(26)27)22(16)20-11-4-12-21(13-5-2-1-3-6-13)23-15(19(28)29)8-10-17(23)25;/h13-15,20H,1-12H2,(H,26,27)(H,28,29);/t14-,15-;/m0./s1. The van der Waals surface area contributed by atoms with E-state index in [9.17, 15) is 29.4 Å². The number of nitrogens with zero attached hydrogens (tertiary/aromatic N) is 3. The van der Waals surface area contributed by atoms with Gasteiger partial charge in [0.25, 0.3) is 0 Å². The SMILES string of the molecule is O=C(O)[C@@H]1CCC(=O)N1NCCCN(C1CCCCC1)N1C(=O)CC[C@H]1C(=O)O.[Zn]. The van der Waals surface area contributed by atoms with Gasteiger partial charge >= 0.3 is 11.9 Å². The van der Waals surface area contributed by atoms with Gasteiger partial charge in [0.2, 0.25) is 11.8 Å². The summed E-state index contributed by atoms with van der Waals surface area (Å²) in [5, 5.41) is 23.3. The van der Waals surface area contributed by atoms with Crippen LogP contribution in [0.15, 0.2) is 0 Å². The Morgan fingerprint density at radius 2 is 1.53 bits per heavy atom. The third kappa shape index (κ3) is 5.56. The molecule has 0 radical (unpaired) electrons. The van der Waals surface area contributed by atoms with Crippen molar-refractivity contribution in [2.75, 3.05) is 13.1 Å². The summed E-state index contributed by atoms with van der Waals surface area (Å²) in [6.07, 6.45) is 6.73. The van der Waals surface area contributed by atoms with E-state index in [4.69, 9.17) is 0 Å². The number of amides is 2. The van der Waals surface area contributed by atoms with Crippen LogP contribution in [-0.2, 0) is 38.7 Å². The molecular weight excluding hydrogens is 446 g/mol. The Morgan fingerprint density at radius 1 is 0.933 bits per heavy atom. The minimum absolute atomic E-state index is 0. The molecule has 2 atom stereocenters. The first-order chi connectivity index (χ1) is 13.9. The summed E-state index contributed by atoms with van der Waals surface area (Å²) in [6, 6.07) is -1.55. The number of aliphatic carboxylic acids is 2. The Morgan fingerprint density at radius 3 is 2.17 bits per heavy atom. The number of rotatable bonds is 9. The van der Waals surface area contributed by atoms with E-state index in [1.165, 1.54) is 10.0 Å². The minimum atomic E-state index is -1.03. The van der Waals surface area contributed by atoms with E-state index >= 15 is 0 Å². The van der Waals surface area contributed by atoms with Crippen LogP contribution in [0.1, 0.15) is 64.2 Å². The van der Waals surface area contributed by atoms with Crippen LogP contribution in [0, 0.1) is 0 Å². The van der Waals surface area contributed by atoms with Crippen molar-refractivity contribution in [1.29, 1.82) is 0 Å². The zero-order valence-corrected chi connectivity index (χ0v) is 20.3. The molecule has 2 amide bonds. The maximum absolute atomic E-state index is 12.5. The maximum atomic E-state index is 12.5. The molecule has 3 rings (SSSR count). The molecule has 0 spiro atoms. The molecule has 10 nitrogen and oxygen atoms in total. The van der Waals surface area contributed by atoms with Crippen LogP contribution < -0.4 is 5.43 Å². The molecule has 1 saturated carbocycles. The Balaban J connectivity index is 0.00000320. The maximum Gasteiger partial charge on any atom is 0.328 e. The summed E-state index contributed by atoms with van der Waals surface area (Å²) in [6.45, 7) is 0.853. The second-order valence-electron chi connectivity index (χ2n) is 8.00. The fourth-order valence-corrected chi connectivity index (χ4v) is 4.62. The van der Waals surface area contributed by atoms with Crippen molar-refractivity contribution in [2.45, 2.75) is 82.3 Å². The predicted octanol–water partition coefficient (Wildman–Crippen LogP) is 0.580. The molecule has 0 unspecified atom stereocenters. The number of carbonyl (C=O) groups excluding carboxylic acids is 2. The van der Waals surface area contributed by atoms with Crippen molar-refractivity contribution >= 4 is 23.8 Å². The fraction of sp³-hybridized carbons (Fsp3) is 0.789. The third-order valence-corrected chi connectivity index (χ3v) is 6.08. The van der Waals surface area contributed by atoms with Gasteiger partial charge in [-0.25, -0.2) is 20.0 Å². The van der Waals surface area contributed by atoms with Crippen LogP contribution in [0.2, 0.25) is 0 Å². The van der Waals surface area contributed by atoms with Crippen LogP contribution in [0.3, 0.4) is 0 Å². The quantitative estimate of drug-likeness (QED) is 0.326. The molecule has 1 aliphatic carbocycles. The van der Waals surface area contributed by atoms with Gasteiger partial charge < -0.3 is 10.2 Å². The summed E-state index contributed by atoms with van der Waals surface area (Å²) in [7, 11) is 0. The van der Waals surface area contributed by atoms with Crippen molar-refractivity contribution in [3.8, 4) is 0 Å². The number of carboxylic acids is 2. The molecule has 0 aromatic rings. The van der Waals surface area contributed by atoms with Gasteiger partial charge in [0, 0.05) is 51.5 Å². The van der Waals surface area contributed by atoms with Crippen molar-refractivity contribution in [2.24, 2.45) is 0 Å². The molecule has 3 aliphatic rings. The number of carbonyl (C=O) groups is 4. The zero-order valence-electron chi connectivity index (χ0n) is 17.3. The normalized spacial score (nSPS) is 25.1. The van der Waals surface area contributed by atoms with Crippen LogP contribution in [-0.4, -0.2) is 80.2 Å². The van der Waals surface area contributed by atoms with Gasteiger partial charge in [-0.1, -0.05) is 19.3 Å². The van der Waals surface area contributed by atoms with Crippen LogP contribution in [0.4, 0.5) is 0 Å². The van der Waals surface area contributed by atoms with E-state index in [-0.39, 0.29) is 56.6 Å². The van der Waals surface area contributed by atoms with Gasteiger partial charge in [-0.15, -0.1) is 0 Å². The molecule has 2 saturated heterocycles. The molecule has 2 heterocycles. The second-order valence-corrected chi connectivity index (χ2v) is 8.00. The molecule has 11 heteroatoms. The minimum Gasteiger partial charge on any atom is -0.480 e. The monoisotopic (exact) mass is 474 g/mol. The third-order valence-electron chi connectivity index (χ3n) is 6.08. The predicted molar refractivity (Wildman–Crippen MR) is 101 cm³/mol. The van der Waals surface area contributed by atoms with Crippen LogP contribution in [0.25, 0.3) is 0 Å². The average Bonchev–Trinajstić information content (AvgIpc) is 3.26. The topological polar surface area (TPSA) is 130 Å². The summed E-state index contributed by atoms with van der Waals surface area (Å²) in [5.41, 5.74) is 2.91. The first kappa shape index (κ1) is 24.7. The Bertz CT molecular complexity index is 657. The summed E-state index contributed by atoms with van der Waals surface area (Å²) in [4.78, 5) is 47.3. The smallest absolute Gasteiger partial charge is 0.328 e. The largest absolute Gasteiger partial charge is 0.480 e. The van der Waals surface area contributed by atoms with E-state index in [0.29, 0.717) is 25.9 Å². The Labute approximate surface area is 188 Å². The molecule has 164 valence electrons. The van der Waals surface area contributed by atoms with E-state index in [1.807, 2.05) is 5.01 Å². The summed E-state index contributed by atoms with van der Waals surface area (Å²) < 4.78 is 0. The molecule has 3 N–H and O–H groups in total. The molecule has 2 aliphatic heterocycles. The molecule has 0 aromatic heterocycles. The molecule has 0 bridgehead atoms. The number of hydrogen-bond acceptors (Lipinski definition) is 6. The van der Waals surface area contributed by atoms with E-state index < -0.39 is 24.0 Å². The number of hydrazine groups is 2. The van der Waals surface area contributed by atoms with Gasteiger partial charge in [-0.05, 0) is 32.1 Å². The van der Waals surface area contributed by atoms with Gasteiger partial charge in [-0.3, -0.25) is 19.6 Å². The fourth-order valence-electron chi connectivity index (χ4n) is 4.62. The number of nitrogens with one attached hydrogen (secondary N) is 1. The average molecular weight is 476 g/mol. The molecule has 0 aromatic carbocycles. The van der Waals surface area contributed by atoms with E-state index in [1.54, 1.807) is 0 Å². The van der Waals surface area contributed by atoms with Gasteiger partial charge in [0.15, 0.2) is 0 Å². The first-order valence-corrected chi connectivity index (χ1v) is 10.5. The summed E-state index contributed by atoms with van der Waals surface area (Å²) >= 11 is 0. The van der Waals surface area contributed by atoms with Crippen LogP contribution in [0.5, 0.6) is 0 Å². The van der Waals surface area contributed by atoms with Crippen molar-refractivity contribution < 1.29 is 48.9 Å². The zero-order chi connectivity index (χ0) is 21.0. The number of hydrogen-bond donors (Lipinski definition) is 3. The van der Waals surface area contributed by atoms with E-state index in [0.717, 1.165) is 32.1 Å². The molecule has 30 heavy (non-hydrogen) atoms. The molecular formula is C19H30N4O6Zn. The number of carboxylic acid groups (broad SMARTS) is 2. The second kappa shape index (κ2) is 11.2. The van der Waals surface area contributed by atoms with Gasteiger partial charge in [0.05, 0.1) is 0 Å². The Kier molecular flexibility index (Phi) is 9.18.